The minimum absolute atomic E-state index is 0.198. The first kappa shape index (κ1) is 19.8. The van der Waals surface area contributed by atoms with Crippen LogP contribution in [-0.2, 0) is 5.60 Å². The highest BCUT2D eigenvalue weighted by atomic mass is 19.4. The third-order valence-electron chi connectivity index (χ3n) is 3.82. The quantitative estimate of drug-likeness (QED) is 0.630. The van der Waals surface area contributed by atoms with Crippen LogP contribution in [0.2, 0.25) is 0 Å². The second-order valence-electron chi connectivity index (χ2n) is 5.36. The van der Waals surface area contributed by atoms with Crippen molar-refractivity contribution in [2.75, 3.05) is 7.11 Å². The minimum Gasteiger partial charge on any atom is -0.496 e. The van der Waals surface area contributed by atoms with Gasteiger partial charge < -0.3 is 9.84 Å². The number of hydrogen-bond donors (Lipinski definition) is 1. The first-order valence-corrected chi connectivity index (χ1v) is 7.05. The Morgan fingerprint density at radius 2 is 1.38 bits per heavy atom. The van der Waals surface area contributed by atoms with Gasteiger partial charge in [-0.3, -0.25) is 4.79 Å². The number of hydrogen-bond acceptors (Lipinski definition) is 3. The Kier molecular flexibility index (Phi) is 5.05. The summed E-state index contributed by atoms with van der Waals surface area (Å²) >= 11 is 0. The highest BCUT2D eigenvalue weighted by Crippen LogP contribution is 2.50. The van der Waals surface area contributed by atoms with Gasteiger partial charge in [0.15, 0.2) is 6.29 Å². The summed E-state index contributed by atoms with van der Waals surface area (Å²) in [4.78, 5) is 10.9. The minimum atomic E-state index is -5.94. The molecule has 2 aromatic rings. The zero-order valence-electron chi connectivity index (χ0n) is 13.2. The van der Waals surface area contributed by atoms with Crippen molar-refractivity contribution < 1.29 is 41.0 Å². The van der Waals surface area contributed by atoms with E-state index in [0.29, 0.717) is 24.0 Å². The van der Waals surface area contributed by atoms with E-state index in [-0.39, 0.29) is 16.9 Å². The van der Waals surface area contributed by atoms with Crippen molar-refractivity contribution in [3.05, 3.63) is 53.6 Å². The average molecular weight is 378 g/mol. The summed E-state index contributed by atoms with van der Waals surface area (Å²) in [6.07, 6.45) is -11.3. The van der Waals surface area contributed by atoms with Crippen molar-refractivity contribution in [3.63, 3.8) is 0 Å². The van der Waals surface area contributed by atoms with Gasteiger partial charge >= 0.3 is 12.4 Å². The molecule has 0 saturated heterocycles. The summed E-state index contributed by atoms with van der Waals surface area (Å²) in [5.74, 6) is 0.198. The number of carbonyl (C=O) groups excluding carboxylic acids is 1. The van der Waals surface area contributed by atoms with Gasteiger partial charge in [0.05, 0.1) is 12.7 Å². The molecule has 0 aliphatic rings. The Morgan fingerprint density at radius 3 is 1.81 bits per heavy atom. The number of rotatable bonds is 4. The molecule has 0 fully saturated rings. The Bertz CT molecular complexity index is 780. The molecule has 0 aliphatic carbocycles. The van der Waals surface area contributed by atoms with E-state index in [4.69, 9.17) is 4.74 Å². The van der Waals surface area contributed by atoms with Crippen LogP contribution in [0.3, 0.4) is 0 Å². The number of ether oxygens (including phenoxy) is 1. The number of aliphatic hydroxyl groups is 1. The molecular weight excluding hydrogens is 366 g/mol. The number of halogens is 6. The normalized spacial score (nSPS) is 12.8. The van der Waals surface area contributed by atoms with Gasteiger partial charge in [0.25, 0.3) is 5.60 Å². The first-order valence-electron chi connectivity index (χ1n) is 7.05. The van der Waals surface area contributed by atoms with E-state index < -0.39 is 23.5 Å². The maximum atomic E-state index is 12.9. The molecule has 2 rings (SSSR count). The lowest BCUT2D eigenvalue weighted by Crippen LogP contribution is -2.53. The second-order valence-corrected chi connectivity index (χ2v) is 5.36. The molecule has 3 nitrogen and oxygen atoms in total. The number of aldehydes is 1. The van der Waals surface area contributed by atoms with Gasteiger partial charge in [-0.05, 0) is 23.3 Å². The number of alkyl halides is 6. The molecule has 0 amide bonds. The Morgan fingerprint density at radius 1 is 0.885 bits per heavy atom. The van der Waals surface area contributed by atoms with Crippen LogP contribution in [0.25, 0.3) is 11.1 Å². The first-order chi connectivity index (χ1) is 12.0. The molecule has 0 aromatic heterocycles. The van der Waals surface area contributed by atoms with Crippen LogP contribution in [0, 0.1) is 0 Å². The Balaban J connectivity index is 2.50. The van der Waals surface area contributed by atoms with Crippen molar-refractivity contribution in [2.24, 2.45) is 0 Å². The monoisotopic (exact) mass is 378 g/mol. The van der Waals surface area contributed by atoms with E-state index in [0.717, 1.165) is 12.1 Å². The van der Waals surface area contributed by atoms with E-state index in [1.165, 1.54) is 25.3 Å². The van der Waals surface area contributed by atoms with E-state index in [9.17, 15) is 36.2 Å². The highest BCUT2D eigenvalue weighted by molar-refractivity contribution is 5.81. The van der Waals surface area contributed by atoms with Gasteiger partial charge in [-0.25, -0.2) is 0 Å². The van der Waals surface area contributed by atoms with Crippen molar-refractivity contribution in [1.82, 2.24) is 0 Å². The van der Waals surface area contributed by atoms with Crippen LogP contribution in [0.5, 0.6) is 5.75 Å². The molecule has 0 aliphatic heterocycles. The Hall–Kier alpha value is -2.55. The zero-order valence-corrected chi connectivity index (χ0v) is 13.2. The van der Waals surface area contributed by atoms with Crippen molar-refractivity contribution in [1.29, 1.82) is 0 Å². The lowest BCUT2D eigenvalue weighted by molar-refractivity contribution is -0.376. The highest BCUT2D eigenvalue weighted by Gasteiger charge is 2.71. The molecule has 0 spiro atoms. The third-order valence-corrected chi connectivity index (χ3v) is 3.82. The summed E-state index contributed by atoms with van der Waals surface area (Å²) in [5, 5.41) is 9.36. The zero-order chi connectivity index (χ0) is 19.8. The molecule has 0 radical (unpaired) electrons. The molecule has 0 unspecified atom stereocenters. The summed E-state index contributed by atoms with van der Waals surface area (Å²) in [7, 11) is 1.31. The Labute approximate surface area is 143 Å². The third kappa shape index (κ3) is 3.26. The topological polar surface area (TPSA) is 46.5 Å². The average Bonchev–Trinajstić information content (AvgIpc) is 2.58. The van der Waals surface area contributed by atoms with Crippen molar-refractivity contribution in [3.8, 4) is 16.9 Å². The number of benzene rings is 2. The predicted molar refractivity (Wildman–Crippen MR) is 79.8 cm³/mol. The fourth-order valence-corrected chi connectivity index (χ4v) is 2.38. The van der Waals surface area contributed by atoms with Gasteiger partial charge in [0.1, 0.15) is 5.75 Å². The summed E-state index contributed by atoms with van der Waals surface area (Å²) in [6.45, 7) is 0. The van der Waals surface area contributed by atoms with Crippen LogP contribution in [-0.4, -0.2) is 30.9 Å². The largest absolute Gasteiger partial charge is 0.496 e. The van der Waals surface area contributed by atoms with E-state index in [1.807, 2.05) is 0 Å². The smallest absolute Gasteiger partial charge is 0.430 e. The fourth-order valence-electron chi connectivity index (χ4n) is 2.38. The second kappa shape index (κ2) is 6.64. The molecular formula is C17H12F6O3. The molecule has 140 valence electrons. The molecule has 0 atom stereocenters. The number of carbonyl (C=O) groups is 1. The van der Waals surface area contributed by atoms with Crippen LogP contribution in [0.1, 0.15) is 15.9 Å². The van der Waals surface area contributed by atoms with Crippen molar-refractivity contribution >= 4 is 6.29 Å². The van der Waals surface area contributed by atoms with Gasteiger partial charge in [0, 0.05) is 5.56 Å². The molecule has 0 bridgehead atoms. The summed E-state index contributed by atoms with van der Waals surface area (Å²) < 4.78 is 82.2. The van der Waals surface area contributed by atoms with Gasteiger partial charge in [-0.1, -0.05) is 30.3 Å². The lowest BCUT2D eigenvalue weighted by atomic mass is 9.90. The van der Waals surface area contributed by atoms with Crippen molar-refractivity contribution in [2.45, 2.75) is 18.0 Å². The summed E-state index contributed by atoms with van der Waals surface area (Å²) in [6, 6.07) is 7.39. The fraction of sp³-hybridized carbons (Fsp3) is 0.235. The molecule has 1 N–H and O–H groups in total. The lowest BCUT2D eigenvalue weighted by Gasteiger charge is -2.32. The number of methoxy groups -OCH3 is 1. The van der Waals surface area contributed by atoms with Crippen LogP contribution >= 0.6 is 0 Å². The van der Waals surface area contributed by atoms with Crippen LogP contribution in [0.15, 0.2) is 42.5 Å². The SMILES string of the molecule is COc1cc(-c2ccc(C(O)(C(F)(F)F)C(F)(F)F)cc2)ccc1C=O. The van der Waals surface area contributed by atoms with E-state index >= 15 is 0 Å². The standard InChI is InChI=1S/C17H12F6O3/c1-26-14-8-11(2-3-12(14)9-24)10-4-6-13(7-5-10)15(25,16(18,19)20)17(21,22)23/h2-9,25H,1H3. The predicted octanol–water partition coefficient (Wildman–Crippen LogP) is 4.49. The molecule has 2 aromatic carbocycles. The van der Waals surface area contributed by atoms with Crippen LogP contribution in [0.4, 0.5) is 26.3 Å². The van der Waals surface area contributed by atoms with Gasteiger partial charge in [-0.2, -0.15) is 26.3 Å². The van der Waals surface area contributed by atoms with Gasteiger partial charge in [-0.15, -0.1) is 0 Å². The molecule has 0 saturated carbocycles. The molecule has 26 heavy (non-hydrogen) atoms. The molecule has 9 heteroatoms. The molecule has 0 heterocycles. The summed E-state index contributed by atoms with van der Waals surface area (Å²) in [5.41, 5.74) is -5.41. The van der Waals surface area contributed by atoms with Gasteiger partial charge in [0.2, 0.25) is 0 Å². The maximum absolute atomic E-state index is 12.9. The maximum Gasteiger partial charge on any atom is 0.430 e. The van der Waals surface area contributed by atoms with Crippen LogP contribution < -0.4 is 4.74 Å². The van der Waals surface area contributed by atoms with E-state index in [2.05, 4.69) is 0 Å². The van der Waals surface area contributed by atoms with E-state index in [1.54, 1.807) is 0 Å².